The molecule has 1 saturated heterocycles. The zero-order chi connectivity index (χ0) is 8.94. The van der Waals surface area contributed by atoms with Crippen molar-refractivity contribution in [1.29, 1.82) is 0 Å². The van der Waals surface area contributed by atoms with E-state index < -0.39 is 0 Å². The molecule has 3 rings (SSSR count). The third-order valence-corrected chi connectivity index (χ3v) is 4.41. The summed E-state index contributed by atoms with van der Waals surface area (Å²) < 4.78 is 0. The van der Waals surface area contributed by atoms with Crippen LogP contribution in [0.4, 0.5) is 0 Å². The molecule has 0 N–H and O–H groups in total. The average molecular weight is 179 g/mol. The molecule has 0 radical (unpaired) electrons. The van der Waals surface area contributed by atoms with Crippen molar-refractivity contribution in [2.75, 3.05) is 19.6 Å². The first-order chi connectivity index (χ1) is 6.20. The van der Waals surface area contributed by atoms with Crippen LogP contribution in [0.2, 0.25) is 0 Å². The number of hydrogen-bond acceptors (Lipinski definition) is 1. The maximum atomic E-state index is 2.75. The number of piperidine rings is 1. The van der Waals surface area contributed by atoms with Crippen molar-refractivity contribution in [1.82, 2.24) is 4.90 Å². The van der Waals surface area contributed by atoms with E-state index in [2.05, 4.69) is 11.8 Å². The minimum atomic E-state index is 0.730. The normalized spacial score (nSPS) is 34.8. The molecule has 0 aromatic rings. The van der Waals surface area contributed by atoms with Gasteiger partial charge in [0.1, 0.15) is 0 Å². The van der Waals surface area contributed by atoms with Gasteiger partial charge in [-0.3, -0.25) is 0 Å². The van der Waals surface area contributed by atoms with Gasteiger partial charge in [0.15, 0.2) is 0 Å². The lowest BCUT2D eigenvalue weighted by atomic mass is 9.94. The Kier molecular flexibility index (Phi) is 1.59. The first-order valence-electron chi connectivity index (χ1n) is 5.92. The van der Waals surface area contributed by atoms with Gasteiger partial charge in [-0.15, -0.1) is 0 Å². The Bertz CT molecular complexity index is 211. The zero-order valence-corrected chi connectivity index (χ0v) is 8.81. The molecule has 0 aromatic carbocycles. The number of rotatable bonds is 2. The molecule has 3 fully saturated rings. The van der Waals surface area contributed by atoms with Gasteiger partial charge in [-0.2, -0.15) is 0 Å². The zero-order valence-electron chi connectivity index (χ0n) is 8.81. The smallest absolute Gasteiger partial charge is 0.00382 e. The van der Waals surface area contributed by atoms with Gasteiger partial charge in [0, 0.05) is 13.1 Å². The monoisotopic (exact) mass is 179 g/mol. The van der Waals surface area contributed by atoms with Crippen molar-refractivity contribution in [2.45, 2.75) is 45.4 Å². The highest BCUT2D eigenvalue weighted by Crippen LogP contribution is 2.53. The largest absolute Gasteiger partial charge is 0.302 e. The van der Waals surface area contributed by atoms with E-state index in [-0.39, 0.29) is 0 Å². The van der Waals surface area contributed by atoms with Crippen LogP contribution in [0, 0.1) is 10.8 Å². The number of hydrogen-bond donors (Lipinski definition) is 0. The summed E-state index contributed by atoms with van der Waals surface area (Å²) in [6.45, 7) is 6.68. The average Bonchev–Trinajstić information content (AvgIpc) is 2.96. The minimum Gasteiger partial charge on any atom is -0.302 e. The van der Waals surface area contributed by atoms with Crippen molar-refractivity contribution in [3.05, 3.63) is 0 Å². The molecule has 3 aliphatic rings. The van der Waals surface area contributed by atoms with E-state index >= 15 is 0 Å². The Hall–Kier alpha value is -0.0400. The Morgan fingerprint density at radius 1 is 1.08 bits per heavy atom. The van der Waals surface area contributed by atoms with Gasteiger partial charge in [0.05, 0.1) is 0 Å². The first kappa shape index (κ1) is 8.28. The maximum absolute atomic E-state index is 2.75. The molecule has 74 valence electrons. The molecule has 2 aliphatic carbocycles. The van der Waals surface area contributed by atoms with Gasteiger partial charge in [0.25, 0.3) is 0 Å². The summed E-state index contributed by atoms with van der Waals surface area (Å²) >= 11 is 0. The van der Waals surface area contributed by atoms with E-state index in [0.717, 1.165) is 10.8 Å². The maximum Gasteiger partial charge on any atom is 0.00382 e. The quantitative estimate of drug-likeness (QED) is 0.630. The van der Waals surface area contributed by atoms with Crippen LogP contribution in [0.15, 0.2) is 0 Å². The van der Waals surface area contributed by atoms with E-state index in [0.29, 0.717) is 0 Å². The molecule has 1 heterocycles. The molecule has 1 heteroatoms. The molecule has 0 aromatic heterocycles. The van der Waals surface area contributed by atoms with Gasteiger partial charge in [-0.1, -0.05) is 6.92 Å². The van der Waals surface area contributed by atoms with Crippen LogP contribution in [-0.4, -0.2) is 24.5 Å². The summed E-state index contributed by atoms with van der Waals surface area (Å²) in [4.78, 5) is 2.75. The molecule has 1 aliphatic heterocycles. The van der Waals surface area contributed by atoms with Crippen LogP contribution in [0.3, 0.4) is 0 Å². The lowest BCUT2D eigenvalue weighted by molar-refractivity contribution is 0.137. The number of likely N-dealkylation sites (tertiary alicyclic amines) is 1. The predicted molar refractivity (Wildman–Crippen MR) is 54.7 cm³/mol. The molecule has 2 saturated carbocycles. The van der Waals surface area contributed by atoms with Gasteiger partial charge < -0.3 is 4.90 Å². The van der Waals surface area contributed by atoms with E-state index in [1.165, 1.54) is 58.2 Å². The topological polar surface area (TPSA) is 3.24 Å². The van der Waals surface area contributed by atoms with Crippen LogP contribution >= 0.6 is 0 Å². The Balaban J connectivity index is 1.58. The molecule has 0 amide bonds. The lowest BCUT2D eigenvalue weighted by Crippen LogP contribution is -2.39. The van der Waals surface area contributed by atoms with Crippen molar-refractivity contribution in [2.24, 2.45) is 10.8 Å². The van der Waals surface area contributed by atoms with Crippen LogP contribution in [0.25, 0.3) is 0 Å². The fourth-order valence-corrected chi connectivity index (χ4v) is 2.94. The van der Waals surface area contributed by atoms with Crippen LogP contribution in [-0.2, 0) is 0 Å². The highest BCUT2D eigenvalue weighted by molar-refractivity contribution is 5.00. The Morgan fingerprint density at radius 3 is 2.46 bits per heavy atom. The fourth-order valence-electron chi connectivity index (χ4n) is 2.94. The van der Waals surface area contributed by atoms with Crippen molar-refractivity contribution < 1.29 is 0 Å². The van der Waals surface area contributed by atoms with Crippen molar-refractivity contribution in [3.8, 4) is 0 Å². The predicted octanol–water partition coefficient (Wildman–Crippen LogP) is 2.66. The molecule has 1 nitrogen and oxygen atoms in total. The van der Waals surface area contributed by atoms with Crippen LogP contribution < -0.4 is 0 Å². The summed E-state index contributed by atoms with van der Waals surface area (Å²) in [5.74, 6) is 0. The van der Waals surface area contributed by atoms with E-state index in [1.807, 2.05) is 0 Å². The summed E-state index contributed by atoms with van der Waals surface area (Å²) in [6, 6.07) is 0. The molecular formula is C12H21N. The van der Waals surface area contributed by atoms with E-state index in [1.54, 1.807) is 0 Å². The third kappa shape index (κ3) is 1.63. The van der Waals surface area contributed by atoms with Crippen molar-refractivity contribution in [3.63, 3.8) is 0 Å². The standard InChI is InChI=1S/C12H21N/c1-11(4-5-11)9-13-8-2-3-12(10-13)6-7-12/h2-10H2,1H3. The van der Waals surface area contributed by atoms with Gasteiger partial charge >= 0.3 is 0 Å². The lowest BCUT2D eigenvalue weighted by Gasteiger charge is -2.34. The number of nitrogens with zero attached hydrogens (tertiary/aromatic N) is 1. The second-order valence-corrected chi connectivity index (χ2v) is 6.12. The third-order valence-electron chi connectivity index (χ3n) is 4.41. The van der Waals surface area contributed by atoms with Crippen LogP contribution in [0.1, 0.15) is 45.4 Å². The molecule has 13 heavy (non-hydrogen) atoms. The molecular weight excluding hydrogens is 158 g/mol. The highest BCUT2D eigenvalue weighted by Gasteiger charge is 2.47. The van der Waals surface area contributed by atoms with Gasteiger partial charge in [0.2, 0.25) is 0 Å². The summed E-state index contributed by atoms with van der Waals surface area (Å²) in [5.41, 5.74) is 1.55. The summed E-state index contributed by atoms with van der Waals surface area (Å²) in [5, 5.41) is 0. The first-order valence-corrected chi connectivity index (χ1v) is 5.92. The molecule has 0 unspecified atom stereocenters. The molecule has 0 atom stereocenters. The summed E-state index contributed by atoms with van der Waals surface area (Å²) in [7, 11) is 0. The highest BCUT2D eigenvalue weighted by atomic mass is 15.2. The van der Waals surface area contributed by atoms with Crippen LogP contribution in [0.5, 0.6) is 0 Å². The fraction of sp³-hybridized carbons (Fsp3) is 1.00. The Labute approximate surface area is 81.5 Å². The van der Waals surface area contributed by atoms with E-state index in [4.69, 9.17) is 0 Å². The van der Waals surface area contributed by atoms with Gasteiger partial charge in [-0.25, -0.2) is 0 Å². The Morgan fingerprint density at radius 2 is 1.85 bits per heavy atom. The van der Waals surface area contributed by atoms with Gasteiger partial charge in [-0.05, 0) is 55.9 Å². The SMILES string of the molecule is CC1(CN2CCCC3(CC3)C2)CC1. The van der Waals surface area contributed by atoms with Crippen molar-refractivity contribution >= 4 is 0 Å². The second kappa shape index (κ2) is 2.50. The molecule has 1 spiro atoms. The minimum absolute atomic E-state index is 0.730. The van der Waals surface area contributed by atoms with E-state index in [9.17, 15) is 0 Å². The second-order valence-electron chi connectivity index (χ2n) is 6.12. The molecule has 0 bridgehead atoms. The summed E-state index contributed by atoms with van der Waals surface area (Å²) in [6.07, 6.45) is 9.02.